The molecule has 4 rings (SSSR count). The van der Waals surface area contributed by atoms with Crippen LogP contribution in [0.25, 0.3) is 0 Å². The van der Waals surface area contributed by atoms with E-state index in [-0.39, 0.29) is 17.5 Å². The molecule has 3 heteroatoms. The van der Waals surface area contributed by atoms with Crippen LogP contribution in [0.2, 0.25) is 0 Å². The zero-order valence-electron chi connectivity index (χ0n) is 20.1. The number of hydrogen-bond donors (Lipinski definition) is 1. The van der Waals surface area contributed by atoms with Gasteiger partial charge in [-0.3, -0.25) is 0 Å². The third-order valence-electron chi connectivity index (χ3n) is 6.00. The van der Waals surface area contributed by atoms with E-state index in [0.29, 0.717) is 6.54 Å². The molecule has 0 bridgehead atoms. The molecule has 0 aromatic heterocycles. The Morgan fingerprint density at radius 1 is 0.706 bits per heavy atom. The van der Waals surface area contributed by atoms with Crippen molar-refractivity contribution < 1.29 is 4.79 Å². The molecular weight excluding hydrogens is 416 g/mol. The first-order valence-electron chi connectivity index (χ1n) is 11.7. The fourth-order valence-electron chi connectivity index (χ4n) is 4.13. The predicted molar refractivity (Wildman–Crippen MR) is 141 cm³/mol. The first-order chi connectivity index (χ1) is 16.4. The predicted octanol–water partition coefficient (Wildman–Crippen LogP) is 7.81. The number of carbonyl (C=O) groups excluding carboxylic acids is 1. The summed E-state index contributed by atoms with van der Waals surface area (Å²) in [5.41, 5.74) is 5.37. The Balaban J connectivity index is 1.74. The monoisotopic (exact) mass is 448 g/mol. The van der Waals surface area contributed by atoms with E-state index in [4.69, 9.17) is 0 Å². The van der Waals surface area contributed by atoms with Gasteiger partial charge in [0, 0.05) is 12.2 Å². The van der Waals surface area contributed by atoms with Gasteiger partial charge in [-0.2, -0.15) is 0 Å². The quantitative estimate of drug-likeness (QED) is 0.320. The van der Waals surface area contributed by atoms with E-state index < -0.39 is 0 Å². The second-order valence-electron chi connectivity index (χ2n) is 9.59. The molecule has 1 N–H and O–H groups in total. The molecule has 0 aliphatic carbocycles. The first-order valence-corrected chi connectivity index (χ1v) is 11.7. The lowest BCUT2D eigenvalue weighted by Crippen LogP contribution is -2.38. The molecule has 0 unspecified atom stereocenters. The van der Waals surface area contributed by atoms with Crippen LogP contribution < -0.4 is 5.32 Å². The lowest BCUT2D eigenvalue weighted by atomic mass is 9.86. The number of carbonyl (C=O) groups is 1. The fraction of sp³-hybridized carbons (Fsp3) is 0.194. The molecule has 2 amide bonds. The van der Waals surface area contributed by atoms with Gasteiger partial charge in [0.25, 0.3) is 0 Å². The molecule has 4 aromatic carbocycles. The highest BCUT2D eigenvalue weighted by atomic mass is 16.2. The van der Waals surface area contributed by atoms with E-state index in [1.165, 1.54) is 5.56 Å². The molecule has 3 nitrogen and oxygen atoms in total. The number of urea groups is 1. The van der Waals surface area contributed by atoms with Crippen molar-refractivity contribution in [3.63, 3.8) is 0 Å². The zero-order chi connectivity index (χ0) is 24.0. The van der Waals surface area contributed by atoms with Gasteiger partial charge in [0.1, 0.15) is 0 Å². The molecule has 4 aromatic rings. The van der Waals surface area contributed by atoms with Gasteiger partial charge in [-0.1, -0.05) is 124 Å². The van der Waals surface area contributed by atoms with Crippen molar-refractivity contribution in [2.24, 2.45) is 0 Å². The summed E-state index contributed by atoms with van der Waals surface area (Å²) in [5.74, 6) is 0. The largest absolute Gasteiger partial charge is 0.322 e. The normalized spacial score (nSPS) is 11.3. The maximum Gasteiger partial charge on any atom is 0.322 e. The van der Waals surface area contributed by atoms with E-state index in [0.717, 1.165) is 22.4 Å². The van der Waals surface area contributed by atoms with Crippen LogP contribution in [0.4, 0.5) is 10.5 Å². The van der Waals surface area contributed by atoms with Crippen molar-refractivity contribution in [1.82, 2.24) is 4.90 Å². The molecule has 0 saturated heterocycles. The smallest absolute Gasteiger partial charge is 0.309 e. The molecule has 0 atom stereocenters. The van der Waals surface area contributed by atoms with Crippen LogP contribution in [-0.4, -0.2) is 10.9 Å². The number of amides is 2. The van der Waals surface area contributed by atoms with E-state index in [2.05, 4.69) is 74.6 Å². The number of para-hydroxylation sites is 1. The van der Waals surface area contributed by atoms with E-state index in [1.54, 1.807) is 0 Å². The van der Waals surface area contributed by atoms with Crippen LogP contribution >= 0.6 is 0 Å². The van der Waals surface area contributed by atoms with Gasteiger partial charge in [0.2, 0.25) is 0 Å². The molecule has 0 aliphatic heterocycles. The van der Waals surface area contributed by atoms with Crippen LogP contribution in [0, 0.1) is 0 Å². The van der Waals surface area contributed by atoms with Crippen molar-refractivity contribution in [3.8, 4) is 0 Å². The number of nitrogens with zero attached hydrogens (tertiary/aromatic N) is 1. The molecule has 0 heterocycles. The molecule has 0 fully saturated rings. The Morgan fingerprint density at radius 3 is 1.65 bits per heavy atom. The third-order valence-corrected chi connectivity index (χ3v) is 6.00. The summed E-state index contributed by atoms with van der Waals surface area (Å²) >= 11 is 0. The minimum absolute atomic E-state index is 0.0829. The lowest BCUT2D eigenvalue weighted by Gasteiger charge is -2.33. The van der Waals surface area contributed by atoms with Gasteiger partial charge in [-0.05, 0) is 39.8 Å². The maximum absolute atomic E-state index is 13.7. The van der Waals surface area contributed by atoms with Gasteiger partial charge in [0.05, 0.1) is 6.04 Å². The summed E-state index contributed by atoms with van der Waals surface area (Å²) in [5, 5.41) is 3.10. The number of anilines is 1. The highest BCUT2D eigenvalue weighted by Crippen LogP contribution is 2.31. The molecule has 0 aliphatic rings. The summed E-state index contributed by atoms with van der Waals surface area (Å²) < 4.78 is 0. The Kier molecular flexibility index (Phi) is 7.12. The molecule has 0 spiro atoms. The van der Waals surface area contributed by atoms with Gasteiger partial charge in [-0.25, -0.2) is 4.79 Å². The SMILES string of the molecule is CC(C)(C)c1ccc(CN(C(=O)Nc2ccccc2)C(c2ccccc2)c2ccccc2)cc1. The van der Waals surface area contributed by atoms with Crippen LogP contribution in [-0.2, 0) is 12.0 Å². The van der Waals surface area contributed by atoms with Gasteiger partial charge in [-0.15, -0.1) is 0 Å². The average Bonchev–Trinajstić information content (AvgIpc) is 2.85. The minimum Gasteiger partial charge on any atom is -0.309 e. The van der Waals surface area contributed by atoms with Gasteiger partial charge in [0.15, 0.2) is 0 Å². The Labute approximate surface area is 203 Å². The van der Waals surface area contributed by atoms with Crippen LogP contribution in [0.15, 0.2) is 115 Å². The van der Waals surface area contributed by atoms with Gasteiger partial charge < -0.3 is 10.2 Å². The summed E-state index contributed by atoms with van der Waals surface area (Å²) in [6.07, 6.45) is 0. The average molecular weight is 449 g/mol. The van der Waals surface area contributed by atoms with Crippen molar-refractivity contribution in [2.45, 2.75) is 38.8 Å². The van der Waals surface area contributed by atoms with Crippen molar-refractivity contribution in [1.29, 1.82) is 0 Å². The Hall–Kier alpha value is -3.85. The van der Waals surface area contributed by atoms with Gasteiger partial charge >= 0.3 is 6.03 Å². The number of hydrogen-bond acceptors (Lipinski definition) is 1. The lowest BCUT2D eigenvalue weighted by molar-refractivity contribution is 0.194. The topological polar surface area (TPSA) is 32.3 Å². The minimum atomic E-state index is -0.228. The van der Waals surface area contributed by atoms with E-state index in [1.807, 2.05) is 71.6 Å². The molecule has 34 heavy (non-hydrogen) atoms. The number of nitrogens with one attached hydrogen (secondary N) is 1. The highest BCUT2D eigenvalue weighted by molar-refractivity contribution is 5.89. The zero-order valence-corrected chi connectivity index (χ0v) is 20.1. The summed E-state index contributed by atoms with van der Waals surface area (Å²) in [7, 11) is 0. The van der Waals surface area contributed by atoms with E-state index in [9.17, 15) is 4.79 Å². The van der Waals surface area contributed by atoms with Crippen molar-refractivity contribution in [2.75, 3.05) is 5.32 Å². The van der Waals surface area contributed by atoms with Crippen molar-refractivity contribution >= 4 is 11.7 Å². The van der Waals surface area contributed by atoms with Crippen molar-refractivity contribution in [3.05, 3.63) is 138 Å². The summed E-state index contributed by atoms with van der Waals surface area (Å²) in [6.45, 7) is 7.12. The molecule has 0 radical (unpaired) electrons. The summed E-state index contributed by atoms with van der Waals surface area (Å²) in [6, 6.07) is 38.3. The highest BCUT2D eigenvalue weighted by Gasteiger charge is 2.27. The molecular formula is C31H32N2O. The number of rotatable bonds is 6. The fourth-order valence-corrected chi connectivity index (χ4v) is 4.13. The Bertz CT molecular complexity index is 1140. The van der Waals surface area contributed by atoms with Crippen LogP contribution in [0.5, 0.6) is 0 Å². The maximum atomic E-state index is 13.7. The standard InChI is InChI=1S/C31H32N2O/c1-31(2,3)27-21-19-24(20-22-27)23-33(30(34)32-28-17-11-6-12-18-28)29(25-13-7-4-8-14-25)26-15-9-5-10-16-26/h4-22,29H,23H2,1-3H3,(H,32,34). The number of benzene rings is 4. The van der Waals surface area contributed by atoms with Crippen LogP contribution in [0.3, 0.4) is 0 Å². The van der Waals surface area contributed by atoms with Crippen LogP contribution in [0.1, 0.15) is 49.1 Å². The summed E-state index contributed by atoms with van der Waals surface area (Å²) in [4.78, 5) is 15.7. The second kappa shape index (κ2) is 10.4. The first kappa shape index (κ1) is 23.3. The Morgan fingerprint density at radius 2 is 1.18 bits per heavy atom. The molecule has 172 valence electrons. The second-order valence-corrected chi connectivity index (χ2v) is 9.59. The van der Waals surface area contributed by atoms with E-state index >= 15 is 0 Å². The third kappa shape index (κ3) is 5.74. The molecule has 0 saturated carbocycles.